The lowest BCUT2D eigenvalue weighted by molar-refractivity contribution is 0.126. The second-order valence-electron chi connectivity index (χ2n) is 4.90. The topological polar surface area (TPSA) is 84.4 Å². The number of likely N-dealkylation sites (tertiary alicyclic amines) is 1. The number of nitrogen functional groups attached to an aromatic ring is 1. The maximum atomic E-state index is 10.9. The molecule has 1 amide bonds. The van der Waals surface area contributed by atoms with Crippen molar-refractivity contribution in [1.82, 2.24) is 14.5 Å². The van der Waals surface area contributed by atoms with Gasteiger partial charge in [0.25, 0.3) is 0 Å². The molecule has 0 unspecified atom stereocenters. The molecule has 1 fully saturated rings. The lowest BCUT2D eigenvalue weighted by atomic mass is 10.1. The van der Waals surface area contributed by atoms with E-state index in [0.29, 0.717) is 24.8 Å². The van der Waals surface area contributed by atoms with Crippen LogP contribution < -0.4 is 5.73 Å². The number of anilines is 1. The highest BCUT2D eigenvalue weighted by Gasteiger charge is 2.24. The number of hydrogen-bond donors (Lipinski definition) is 2. The van der Waals surface area contributed by atoms with Gasteiger partial charge in [-0.2, -0.15) is 0 Å². The highest BCUT2D eigenvalue weighted by atomic mass is 16.4. The molecular weight excluding hydrogens is 244 g/mol. The highest BCUT2D eigenvalue weighted by Crippen LogP contribution is 2.27. The van der Waals surface area contributed by atoms with Crippen LogP contribution in [0.5, 0.6) is 0 Å². The lowest BCUT2D eigenvalue weighted by Crippen LogP contribution is -2.37. The third kappa shape index (κ3) is 2.09. The molecule has 0 aliphatic carbocycles. The third-order valence-corrected chi connectivity index (χ3v) is 3.73. The summed E-state index contributed by atoms with van der Waals surface area (Å²) in [4.78, 5) is 16.7. The van der Waals surface area contributed by atoms with Crippen LogP contribution >= 0.6 is 0 Å². The van der Waals surface area contributed by atoms with E-state index in [9.17, 15) is 4.79 Å². The quantitative estimate of drug-likeness (QED) is 0.767. The predicted molar refractivity (Wildman–Crippen MR) is 72.0 cm³/mol. The minimum Gasteiger partial charge on any atom is -0.465 e. The van der Waals surface area contributed by atoms with E-state index in [1.165, 1.54) is 4.90 Å². The van der Waals surface area contributed by atoms with Crippen LogP contribution in [0.2, 0.25) is 0 Å². The molecule has 1 aliphatic heterocycles. The van der Waals surface area contributed by atoms with Crippen molar-refractivity contribution in [3.8, 4) is 0 Å². The summed E-state index contributed by atoms with van der Waals surface area (Å²) in [6, 6.07) is 6.01. The number of fused-ring (bicyclic) bond motifs is 1. The summed E-state index contributed by atoms with van der Waals surface area (Å²) in [6.45, 7) is 1.16. The molecule has 100 valence electrons. The van der Waals surface area contributed by atoms with Crippen molar-refractivity contribution < 1.29 is 9.90 Å². The van der Waals surface area contributed by atoms with Crippen LogP contribution in [0.1, 0.15) is 18.9 Å². The Kier molecular flexibility index (Phi) is 2.77. The molecule has 1 aromatic heterocycles. The largest absolute Gasteiger partial charge is 0.465 e. The number of carboxylic acid groups (broad SMARTS) is 1. The van der Waals surface area contributed by atoms with E-state index in [0.717, 1.165) is 23.9 Å². The third-order valence-electron chi connectivity index (χ3n) is 3.73. The fourth-order valence-corrected chi connectivity index (χ4v) is 2.68. The summed E-state index contributed by atoms with van der Waals surface area (Å²) in [5, 5.41) is 8.95. The van der Waals surface area contributed by atoms with Gasteiger partial charge in [0.2, 0.25) is 0 Å². The van der Waals surface area contributed by atoms with Crippen LogP contribution in [0.4, 0.5) is 10.5 Å². The van der Waals surface area contributed by atoms with Crippen LogP contribution in [-0.2, 0) is 0 Å². The molecule has 1 aliphatic rings. The Balaban J connectivity index is 1.84. The van der Waals surface area contributed by atoms with Crippen LogP contribution in [0.25, 0.3) is 11.0 Å². The molecule has 3 rings (SSSR count). The number of benzene rings is 1. The lowest BCUT2D eigenvalue weighted by Gasteiger charge is -2.30. The Morgan fingerprint density at radius 1 is 1.37 bits per heavy atom. The molecule has 0 bridgehead atoms. The number of hydrogen-bond acceptors (Lipinski definition) is 3. The van der Waals surface area contributed by atoms with Gasteiger partial charge in [-0.25, -0.2) is 9.78 Å². The zero-order chi connectivity index (χ0) is 13.4. The number of nitrogens with zero attached hydrogens (tertiary/aromatic N) is 3. The highest BCUT2D eigenvalue weighted by molar-refractivity contribution is 5.79. The fourth-order valence-electron chi connectivity index (χ4n) is 2.68. The minimum absolute atomic E-state index is 0.309. The van der Waals surface area contributed by atoms with Crippen molar-refractivity contribution in [2.75, 3.05) is 18.8 Å². The van der Waals surface area contributed by atoms with Gasteiger partial charge in [0.15, 0.2) is 0 Å². The second kappa shape index (κ2) is 4.46. The smallest absolute Gasteiger partial charge is 0.407 e. The van der Waals surface area contributed by atoms with Gasteiger partial charge >= 0.3 is 6.09 Å². The Morgan fingerprint density at radius 2 is 2.11 bits per heavy atom. The van der Waals surface area contributed by atoms with Crippen molar-refractivity contribution in [3.05, 3.63) is 24.5 Å². The number of aromatic nitrogens is 2. The molecule has 0 atom stereocenters. The van der Waals surface area contributed by atoms with Crippen LogP contribution in [0.3, 0.4) is 0 Å². The molecule has 0 radical (unpaired) electrons. The maximum Gasteiger partial charge on any atom is 0.407 e. The van der Waals surface area contributed by atoms with Gasteiger partial charge < -0.3 is 20.3 Å². The number of carbonyl (C=O) groups is 1. The molecule has 2 aromatic rings. The predicted octanol–water partition coefficient (Wildman–Crippen LogP) is 1.93. The first-order valence-electron chi connectivity index (χ1n) is 6.35. The standard InChI is InChI=1S/C13H16N4O2/c14-9-1-2-12-11(7-9)15-8-17(12)10-3-5-16(6-4-10)13(18)19/h1-2,7-8,10H,3-6,14H2,(H,18,19). The number of nitrogens with two attached hydrogens (primary N) is 1. The minimum atomic E-state index is -0.832. The molecule has 0 spiro atoms. The van der Waals surface area contributed by atoms with E-state index in [1.807, 2.05) is 24.5 Å². The molecule has 0 saturated carbocycles. The number of imidazole rings is 1. The number of piperidine rings is 1. The van der Waals surface area contributed by atoms with Crippen molar-refractivity contribution in [2.45, 2.75) is 18.9 Å². The van der Waals surface area contributed by atoms with Gasteiger partial charge in [0.05, 0.1) is 17.4 Å². The molecule has 1 aromatic carbocycles. The Bertz CT molecular complexity index is 614. The van der Waals surface area contributed by atoms with Crippen LogP contribution in [0.15, 0.2) is 24.5 Å². The van der Waals surface area contributed by atoms with Crippen molar-refractivity contribution in [3.63, 3.8) is 0 Å². The molecule has 3 N–H and O–H groups in total. The summed E-state index contributed by atoms with van der Waals surface area (Å²) in [6.07, 6.45) is 2.64. The number of amides is 1. The van der Waals surface area contributed by atoms with Gasteiger partial charge in [-0.05, 0) is 31.0 Å². The summed E-state index contributed by atoms with van der Waals surface area (Å²) in [7, 11) is 0. The molecule has 1 saturated heterocycles. The van der Waals surface area contributed by atoms with Crippen molar-refractivity contribution in [1.29, 1.82) is 0 Å². The van der Waals surface area contributed by atoms with E-state index >= 15 is 0 Å². The Labute approximate surface area is 110 Å². The maximum absolute atomic E-state index is 10.9. The van der Waals surface area contributed by atoms with Crippen molar-refractivity contribution >= 4 is 22.8 Å². The average molecular weight is 260 g/mol. The second-order valence-corrected chi connectivity index (χ2v) is 4.90. The Hall–Kier alpha value is -2.24. The zero-order valence-electron chi connectivity index (χ0n) is 10.5. The van der Waals surface area contributed by atoms with Crippen LogP contribution in [0, 0.1) is 0 Å². The van der Waals surface area contributed by atoms with E-state index in [4.69, 9.17) is 10.8 Å². The Morgan fingerprint density at radius 3 is 2.79 bits per heavy atom. The summed E-state index contributed by atoms with van der Waals surface area (Å²) < 4.78 is 2.13. The van der Waals surface area contributed by atoms with E-state index in [1.54, 1.807) is 0 Å². The molecule has 19 heavy (non-hydrogen) atoms. The first-order chi connectivity index (χ1) is 9.15. The van der Waals surface area contributed by atoms with E-state index in [-0.39, 0.29) is 0 Å². The van der Waals surface area contributed by atoms with Gasteiger partial charge in [0.1, 0.15) is 0 Å². The van der Waals surface area contributed by atoms with Crippen LogP contribution in [-0.4, -0.2) is 38.7 Å². The van der Waals surface area contributed by atoms with Gasteiger partial charge in [-0.15, -0.1) is 0 Å². The summed E-state index contributed by atoms with van der Waals surface area (Å²) in [5.41, 5.74) is 8.40. The normalized spacial score (nSPS) is 16.9. The first kappa shape index (κ1) is 11.8. The SMILES string of the molecule is Nc1ccc2c(c1)ncn2C1CCN(C(=O)O)CC1. The monoisotopic (exact) mass is 260 g/mol. The van der Waals surface area contributed by atoms with Gasteiger partial charge in [-0.3, -0.25) is 0 Å². The molecule has 6 heteroatoms. The molecular formula is C13H16N4O2. The summed E-state index contributed by atoms with van der Waals surface area (Å²) >= 11 is 0. The number of rotatable bonds is 1. The van der Waals surface area contributed by atoms with E-state index < -0.39 is 6.09 Å². The van der Waals surface area contributed by atoms with Crippen molar-refractivity contribution in [2.24, 2.45) is 0 Å². The van der Waals surface area contributed by atoms with Gasteiger partial charge in [-0.1, -0.05) is 0 Å². The summed E-state index contributed by atoms with van der Waals surface area (Å²) in [5.74, 6) is 0. The first-order valence-corrected chi connectivity index (χ1v) is 6.35. The molecule has 2 heterocycles. The van der Waals surface area contributed by atoms with Gasteiger partial charge in [0, 0.05) is 24.8 Å². The molecule has 6 nitrogen and oxygen atoms in total. The van der Waals surface area contributed by atoms with E-state index in [2.05, 4.69) is 9.55 Å². The zero-order valence-corrected chi connectivity index (χ0v) is 10.5. The average Bonchev–Trinajstić information content (AvgIpc) is 2.81. The fraction of sp³-hybridized carbons (Fsp3) is 0.385.